The molecule has 2 heterocycles. The van der Waals surface area contributed by atoms with E-state index in [0.717, 1.165) is 17.7 Å². The summed E-state index contributed by atoms with van der Waals surface area (Å²) >= 11 is 1.37. The Hall–Kier alpha value is -2.67. The SMILES string of the molecule is O=C(CS[C@H]1CCc2ccccc2NC1=O)Nc1ccc2c(c1)OCCO2. The third kappa shape index (κ3) is 4.19. The zero-order chi connectivity index (χ0) is 18.6. The largest absolute Gasteiger partial charge is 0.486 e. The molecule has 0 fully saturated rings. The molecule has 1 atom stereocenters. The van der Waals surface area contributed by atoms with Gasteiger partial charge in [0.05, 0.1) is 11.0 Å². The summed E-state index contributed by atoms with van der Waals surface area (Å²) in [7, 11) is 0. The highest BCUT2D eigenvalue weighted by Gasteiger charge is 2.24. The van der Waals surface area contributed by atoms with Gasteiger partial charge in [0.1, 0.15) is 13.2 Å². The molecule has 2 aromatic rings. The molecule has 0 radical (unpaired) electrons. The van der Waals surface area contributed by atoms with E-state index in [1.807, 2.05) is 24.3 Å². The van der Waals surface area contributed by atoms with Gasteiger partial charge in [-0.1, -0.05) is 18.2 Å². The molecule has 2 aromatic carbocycles. The minimum atomic E-state index is -0.247. The summed E-state index contributed by atoms with van der Waals surface area (Å²) in [6.45, 7) is 1.03. The van der Waals surface area contributed by atoms with Gasteiger partial charge in [0.25, 0.3) is 0 Å². The Morgan fingerprint density at radius 1 is 1.15 bits per heavy atom. The number of aryl methyl sites for hydroxylation is 1. The molecule has 0 saturated heterocycles. The van der Waals surface area contributed by atoms with Crippen LogP contribution < -0.4 is 20.1 Å². The lowest BCUT2D eigenvalue weighted by molar-refractivity contribution is -0.115. The summed E-state index contributed by atoms with van der Waals surface area (Å²) in [6.07, 6.45) is 1.53. The average molecular weight is 384 g/mol. The Morgan fingerprint density at radius 3 is 2.85 bits per heavy atom. The van der Waals surface area contributed by atoms with E-state index in [2.05, 4.69) is 10.6 Å². The Labute approximate surface area is 161 Å². The van der Waals surface area contributed by atoms with Crippen molar-refractivity contribution in [2.75, 3.05) is 29.6 Å². The lowest BCUT2D eigenvalue weighted by Crippen LogP contribution is -2.26. The van der Waals surface area contributed by atoms with E-state index in [4.69, 9.17) is 9.47 Å². The molecule has 6 nitrogen and oxygen atoms in total. The van der Waals surface area contributed by atoms with Crippen LogP contribution in [0.3, 0.4) is 0 Å². The lowest BCUT2D eigenvalue weighted by Gasteiger charge is -2.19. The lowest BCUT2D eigenvalue weighted by atomic mass is 10.1. The van der Waals surface area contributed by atoms with Crippen molar-refractivity contribution in [3.05, 3.63) is 48.0 Å². The first-order valence-electron chi connectivity index (χ1n) is 8.89. The molecule has 0 aliphatic carbocycles. The first kappa shape index (κ1) is 17.7. The summed E-state index contributed by atoms with van der Waals surface area (Å²) in [5, 5.41) is 5.56. The van der Waals surface area contributed by atoms with Crippen LogP contribution in [0.15, 0.2) is 42.5 Å². The second-order valence-corrected chi connectivity index (χ2v) is 7.58. The number of anilines is 2. The fraction of sp³-hybridized carbons (Fsp3) is 0.300. The van der Waals surface area contributed by atoms with Crippen LogP contribution in [0.4, 0.5) is 11.4 Å². The van der Waals surface area contributed by atoms with Gasteiger partial charge in [0.15, 0.2) is 11.5 Å². The smallest absolute Gasteiger partial charge is 0.237 e. The predicted molar refractivity (Wildman–Crippen MR) is 106 cm³/mol. The quantitative estimate of drug-likeness (QED) is 0.847. The molecule has 27 heavy (non-hydrogen) atoms. The Bertz CT molecular complexity index is 871. The van der Waals surface area contributed by atoms with Gasteiger partial charge in [-0.25, -0.2) is 0 Å². The number of amides is 2. The van der Waals surface area contributed by atoms with Crippen LogP contribution in [-0.4, -0.2) is 36.0 Å². The monoisotopic (exact) mass is 384 g/mol. The molecule has 7 heteroatoms. The highest BCUT2D eigenvalue weighted by atomic mass is 32.2. The molecule has 2 amide bonds. The van der Waals surface area contributed by atoms with Crippen molar-refractivity contribution in [1.29, 1.82) is 0 Å². The van der Waals surface area contributed by atoms with Gasteiger partial charge in [0.2, 0.25) is 11.8 Å². The van der Waals surface area contributed by atoms with Gasteiger partial charge in [-0.2, -0.15) is 0 Å². The van der Waals surface area contributed by atoms with Crippen molar-refractivity contribution < 1.29 is 19.1 Å². The van der Waals surface area contributed by atoms with E-state index in [1.165, 1.54) is 11.8 Å². The van der Waals surface area contributed by atoms with Crippen LogP contribution >= 0.6 is 11.8 Å². The third-order valence-electron chi connectivity index (χ3n) is 4.49. The third-order valence-corrected chi connectivity index (χ3v) is 5.77. The number of thioether (sulfide) groups is 1. The topological polar surface area (TPSA) is 76.7 Å². The van der Waals surface area contributed by atoms with Crippen molar-refractivity contribution in [2.45, 2.75) is 18.1 Å². The number of para-hydroxylation sites is 1. The van der Waals surface area contributed by atoms with Gasteiger partial charge in [-0.3, -0.25) is 9.59 Å². The fourth-order valence-electron chi connectivity index (χ4n) is 3.14. The molecule has 4 rings (SSSR count). The number of fused-ring (bicyclic) bond motifs is 2. The molecule has 0 spiro atoms. The molecule has 0 saturated carbocycles. The van der Waals surface area contributed by atoms with Gasteiger partial charge >= 0.3 is 0 Å². The minimum absolute atomic E-state index is 0.0444. The molecular formula is C20H20N2O4S. The number of nitrogens with one attached hydrogen (secondary N) is 2. The first-order valence-corrected chi connectivity index (χ1v) is 9.94. The maximum atomic E-state index is 12.4. The fourth-order valence-corrected chi connectivity index (χ4v) is 4.06. The van der Waals surface area contributed by atoms with Crippen LogP contribution in [0.2, 0.25) is 0 Å². The second kappa shape index (κ2) is 7.92. The van der Waals surface area contributed by atoms with Gasteiger partial charge in [0, 0.05) is 17.4 Å². The number of ether oxygens (including phenoxy) is 2. The zero-order valence-electron chi connectivity index (χ0n) is 14.7. The van der Waals surface area contributed by atoms with Crippen LogP contribution in [-0.2, 0) is 16.0 Å². The van der Waals surface area contributed by atoms with Crippen LogP contribution in [0.25, 0.3) is 0 Å². The maximum Gasteiger partial charge on any atom is 0.237 e. The molecule has 0 bridgehead atoms. The highest BCUT2D eigenvalue weighted by molar-refractivity contribution is 8.01. The summed E-state index contributed by atoms with van der Waals surface area (Å²) in [4.78, 5) is 24.7. The molecule has 140 valence electrons. The Kier molecular flexibility index (Phi) is 5.20. The van der Waals surface area contributed by atoms with Gasteiger partial charge in [-0.05, 0) is 36.6 Å². The average Bonchev–Trinajstić information content (AvgIpc) is 2.84. The van der Waals surface area contributed by atoms with E-state index in [0.29, 0.717) is 36.8 Å². The van der Waals surface area contributed by atoms with E-state index < -0.39 is 0 Å². The molecule has 2 N–H and O–H groups in total. The van der Waals surface area contributed by atoms with Crippen molar-refractivity contribution in [3.63, 3.8) is 0 Å². The maximum absolute atomic E-state index is 12.4. The molecular weight excluding hydrogens is 364 g/mol. The van der Waals surface area contributed by atoms with Crippen LogP contribution in [0.5, 0.6) is 11.5 Å². The van der Waals surface area contributed by atoms with E-state index >= 15 is 0 Å². The predicted octanol–water partition coefficient (Wildman–Crippen LogP) is 3.08. The number of carbonyl (C=O) groups excluding carboxylic acids is 2. The summed E-state index contributed by atoms with van der Waals surface area (Å²) < 4.78 is 11.0. The first-order chi connectivity index (χ1) is 13.2. The van der Waals surface area contributed by atoms with E-state index in [9.17, 15) is 9.59 Å². The van der Waals surface area contributed by atoms with Crippen molar-refractivity contribution in [2.24, 2.45) is 0 Å². The number of hydrogen-bond acceptors (Lipinski definition) is 5. The van der Waals surface area contributed by atoms with Crippen LogP contribution in [0.1, 0.15) is 12.0 Å². The van der Waals surface area contributed by atoms with Crippen molar-refractivity contribution in [3.8, 4) is 11.5 Å². The number of rotatable bonds is 4. The second-order valence-electron chi connectivity index (χ2n) is 6.39. The number of carbonyl (C=O) groups is 2. The summed E-state index contributed by atoms with van der Waals surface area (Å²) in [5.41, 5.74) is 2.66. The van der Waals surface area contributed by atoms with Gasteiger partial charge in [-0.15, -0.1) is 11.8 Å². The van der Waals surface area contributed by atoms with E-state index in [1.54, 1.807) is 18.2 Å². The van der Waals surface area contributed by atoms with Crippen molar-refractivity contribution >= 4 is 35.0 Å². The Morgan fingerprint density at radius 2 is 1.96 bits per heavy atom. The highest BCUT2D eigenvalue weighted by Crippen LogP contribution is 2.33. The zero-order valence-corrected chi connectivity index (χ0v) is 15.5. The molecule has 0 unspecified atom stereocenters. The number of hydrogen-bond donors (Lipinski definition) is 2. The Balaban J connectivity index is 1.32. The molecule has 2 aliphatic heterocycles. The van der Waals surface area contributed by atoms with E-state index in [-0.39, 0.29) is 22.8 Å². The van der Waals surface area contributed by atoms with Crippen LogP contribution in [0, 0.1) is 0 Å². The molecule has 2 aliphatic rings. The summed E-state index contributed by atoms with van der Waals surface area (Å²) in [6, 6.07) is 13.1. The number of benzene rings is 2. The van der Waals surface area contributed by atoms with Gasteiger partial charge < -0.3 is 20.1 Å². The normalized spacial score (nSPS) is 18.1. The van der Waals surface area contributed by atoms with Crippen molar-refractivity contribution in [1.82, 2.24) is 0 Å². The standard InChI is InChI=1S/C20H20N2O4S/c23-19(21-14-6-7-16-17(11-14)26-10-9-25-16)12-27-18-8-5-13-3-1-2-4-15(13)22-20(18)24/h1-4,6-7,11,18H,5,8-10,12H2,(H,21,23)(H,22,24)/t18-/m0/s1. The molecule has 0 aromatic heterocycles. The summed E-state index contributed by atoms with van der Waals surface area (Å²) in [5.74, 6) is 1.34. The minimum Gasteiger partial charge on any atom is -0.486 e.